The average Bonchev–Trinajstić information content (AvgIpc) is 2.69. The largest absolute Gasteiger partial charge is 0.370 e. The van der Waals surface area contributed by atoms with Gasteiger partial charge in [0.25, 0.3) is 0 Å². The first-order chi connectivity index (χ1) is 8.60. The molecule has 0 aliphatic heterocycles. The van der Waals surface area contributed by atoms with Crippen LogP contribution in [-0.4, -0.2) is 21.5 Å². The molecule has 0 amide bonds. The predicted octanol–water partition coefficient (Wildman–Crippen LogP) is 0.276. The van der Waals surface area contributed by atoms with Crippen molar-refractivity contribution in [3.8, 4) is 0 Å². The Morgan fingerprint density at radius 3 is 2.78 bits per heavy atom. The summed E-state index contributed by atoms with van der Waals surface area (Å²) in [5, 5.41) is 0. The molecule has 0 atom stereocenters. The third kappa shape index (κ3) is 2.40. The van der Waals surface area contributed by atoms with Crippen molar-refractivity contribution in [3.05, 3.63) is 24.5 Å². The zero-order valence-corrected chi connectivity index (χ0v) is 10.0. The molecule has 18 heavy (non-hydrogen) atoms. The zero-order chi connectivity index (χ0) is 13.1. The number of imidazole rings is 1. The molecule has 2 rings (SSSR count). The minimum atomic E-state index is -0.118. The lowest BCUT2D eigenvalue weighted by atomic mass is 10.3. The Hall–Kier alpha value is -2.57. The summed E-state index contributed by atoms with van der Waals surface area (Å²) in [5.41, 5.74) is 18.5. The molecule has 0 fully saturated rings. The number of nitrogens with two attached hydrogens (primary N) is 3. The Bertz CT molecular complexity index is 619. The molecule has 0 radical (unpaired) electrons. The van der Waals surface area contributed by atoms with Gasteiger partial charge in [0.1, 0.15) is 0 Å². The van der Waals surface area contributed by atoms with Crippen LogP contribution in [0.4, 0.5) is 5.69 Å². The van der Waals surface area contributed by atoms with E-state index in [0.29, 0.717) is 5.69 Å². The molecule has 0 aliphatic carbocycles. The van der Waals surface area contributed by atoms with E-state index in [-0.39, 0.29) is 11.9 Å². The van der Waals surface area contributed by atoms with Crippen molar-refractivity contribution in [1.82, 2.24) is 9.55 Å². The van der Waals surface area contributed by atoms with Gasteiger partial charge >= 0.3 is 0 Å². The smallest absolute Gasteiger partial charge is 0.223 e. The van der Waals surface area contributed by atoms with Crippen molar-refractivity contribution in [2.75, 3.05) is 0 Å². The third-order valence-electron chi connectivity index (χ3n) is 2.43. The Kier molecular flexibility index (Phi) is 3.13. The summed E-state index contributed by atoms with van der Waals surface area (Å²) < 4.78 is 2.04. The van der Waals surface area contributed by atoms with Gasteiger partial charge in [-0.05, 0) is 25.1 Å². The standard InChI is InChI=1S/C11H15N7/c1-2-18-6-15-8-5-7(3-4-9(8)18)16-11(14)17-10(12)13/h3-6H,2H2,1H3,(H6,12,13,14,16,17). The maximum atomic E-state index is 5.56. The lowest BCUT2D eigenvalue weighted by Crippen LogP contribution is -2.26. The van der Waals surface area contributed by atoms with E-state index in [1.54, 1.807) is 6.33 Å². The Balaban J connectivity index is 2.39. The highest BCUT2D eigenvalue weighted by Gasteiger charge is 2.02. The van der Waals surface area contributed by atoms with Crippen molar-refractivity contribution in [3.63, 3.8) is 0 Å². The zero-order valence-electron chi connectivity index (χ0n) is 10.0. The van der Waals surface area contributed by atoms with E-state index in [4.69, 9.17) is 17.2 Å². The van der Waals surface area contributed by atoms with Crippen LogP contribution in [0, 0.1) is 0 Å². The predicted molar refractivity (Wildman–Crippen MR) is 72.5 cm³/mol. The van der Waals surface area contributed by atoms with Crippen LogP contribution in [0.1, 0.15) is 6.92 Å². The lowest BCUT2D eigenvalue weighted by molar-refractivity contribution is 0.787. The van der Waals surface area contributed by atoms with Crippen LogP contribution in [0.3, 0.4) is 0 Å². The topological polar surface area (TPSA) is 121 Å². The van der Waals surface area contributed by atoms with Gasteiger partial charge < -0.3 is 21.8 Å². The number of aromatic nitrogens is 2. The fraction of sp³-hybridized carbons (Fsp3) is 0.182. The first-order valence-electron chi connectivity index (χ1n) is 5.49. The normalized spacial score (nSPS) is 11.7. The SMILES string of the molecule is CCn1cnc2cc(N=C(N)N=C(N)N)ccc21. The number of benzene rings is 1. The number of rotatable bonds is 2. The first kappa shape index (κ1) is 11.9. The van der Waals surface area contributed by atoms with Gasteiger partial charge in [-0.3, -0.25) is 0 Å². The molecule has 0 unspecified atom stereocenters. The minimum Gasteiger partial charge on any atom is -0.370 e. The maximum Gasteiger partial charge on any atom is 0.223 e. The van der Waals surface area contributed by atoms with E-state index >= 15 is 0 Å². The van der Waals surface area contributed by atoms with E-state index in [1.165, 1.54) is 0 Å². The van der Waals surface area contributed by atoms with Gasteiger partial charge in [-0.2, -0.15) is 4.99 Å². The lowest BCUT2D eigenvalue weighted by Gasteiger charge is -1.99. The minimum absolute atomic E-state index is 0.0178. The Morgan fingerprint density at radius 1 is 1.33 bits per heavy atom. The summed E-state index contributed by atoms with van der Waals surface area (Å²) in [7, 11) is 0. The fourth-order valence-corrected chi connectivity index (χ4v) is 1.66. The molecule has 0 saturated carbocycles. The van der Waals surface area contributed by atoms with Crippen LogP contribution in [0.5, 0.6) is 0 Å². The number of aryl methyl sites for hydroxylation is 1. The van der Waals surface area contributed by atoms with E-state index in [9.17, 15) is 0 Å². The van der Waals surface area contributed by atoms with E-state index in [2.05, 4.69) is 21.9 Å². The molecule has 7 heteroatoms. The second kappa shape index (κ2) is 4.74. The molecule has 1 heterocycles. The van der Waals surface area contributed by atoms with Gasteiger partial charge in [-0.15, -0.1) is 0 Å². The Labute approximate surface area is 104 Å². The number of guanidine groups is 2. The van der Waals surface area contributed by atoms with Crippen molar-refractivity contribution in [2.45, 2.75) is 13.5 Å². The highest BCUT2D eigenvalue weighted by Crippen LogP contribution is 2.20. The molecule has 1 aromatic carbocycles. The molecule has 0 bridgehead atoms. The van der Waals surface area contributed by atoms with Gasteiger partial charge in [0, 0.05) is 6.54 Å². The van der Waals surface area contributed by atoms with E-state index < -0.39 is 0 Å². The summed E-state index contributed by atoms with van der Waals surface area (Å²) in [4.78, 5) is 12.0. The van der Waals surface area contributed by atoms with E-state index in [0.717, 1.165) is 17.6 Å². The first-order valence-corrected chi connectivity index (χ1v) is 5.49. The molecule has 6 N–H and O–H groups in total. The Morgan fingerprint density at radius 2 is 2.11 bits per heavy atom. The van der Waals surface area contributed by atoms with Crippen LogP contribution in [-0.2, 0) is 6.54 Å². The van der Waals surface area contributed by atoms with E-state index in [1.807, 2.05) is 22.8 Å². The van der Waals surface area contributed by atoms with Crippen LogP contribution < -0.4 is 17.2 Å². The van der Waals surface area contributed by atoms with Gasteiger partial charge in [0.2, 0.25) is 5.96 Å². The van der Waals surface area contributed by atoms with Crippen LogP contribution in [0.15, 0.2) is 34.5 Å². The molecule has 7 nitrogen and oxygen atoms in total. The molecule has 0 spiro atoms. The number of hydrogen-bond donors (Lipinski definition) is 3. The summed E-state index contributed by atoms with van der Waals surface area (Å²) in [6.07, 6.45) is 1.79. The second-order valence-electron chi connectivity index (χ2n) is 3.71. The number of fused-ring (bicyclic) bond motifs is 1. The summed E-state index contributed by atoms with van der Waals surface area (Å²) >= 11 is 0. The number of hydrogen-bond acceptors (Lipinski definition) is 2. The third-order valence-corrected chi connectivity index (χ3v) is 2.43. The number of nitrogens with zero attached hydrogens (tertiary/aromatic N) is 4. The monoisotopic (exact) mass is 245 g/mol. The van der Waals surface area contributed by atoms with Crippen molar-refractivity contribution < 1.29 is 0 Å². The maximum absolute atomic E-state index is 5.56. The van der Waals surface area contributed by atoms with Crippen molar-refractivity contribution in [1.29, 1.82) is 0 Å². The van der Waals surface area contributed by atoms with Crippen molar-refractivity contribution in [2.24, 2.45) is 27.2 Å². The average molecular weight is 245 g/mol. The molecule has 0 aliphatic rings. The fourth-order valence-electron chi connectivity index (χ4n) is 1.66. The highest BCUT2D eigenvalue weighted by atomic mass is 15.1. The summed E-state index contributed by atoms with van der Waals surface area (Å²) in [5.74, 6) is -0.100. The van der Waals surface area contributed by atoms with Crippen molar-refractivity contribution >= 4 is 28.6 Å². The second-order valence-corrected chi connectivity index (χ2v) is 3.71. The molecule has 94 valence electrons. The quantitative estimate of drug-likeness (QED) is 0.519. The number of aliphatic imine (C=N–C) groups is 2. The molecular weight excluding hydrogens is 230 g/mol. The van der Waals surface area contributed by atoms with Crippen LogP contribution in [0.2, 0.25) is 0 Å². The van der Waals surface area contributed by atoms with Gasteiger partial charge in [-0.1, -0.05) is 0 Å². The molecule has 0 saturated heterocycles. The van der Waals surface area contributed by atoms with Gasteiger partial charge in [0.05, 0.1) is 23.0 Å². The van der Waals surface area contributed by atoms with Crippen LogP contribution in [0.25, 0.3) is 11.0 Å². The van der Waals surface area contributed by atoms with Crippen LogP contribution >= 0.6 is 0 Å². The molecule has 1 aromatic heterocycles. The summed E-state index contributed by atoms with van der Waals surface area (Å²) in [6, 6.07) is 5.61. The van der Waals surface area contributed by atoms with Gasteiger partial charge in [-0.25, -0.2) is 9.98 Å². The molecule has 2 aromatic rings. The highest BCUT2D eigenvalue weighted by molar-refractivity contribution is 5.94. The van der Waals surface area contributed by atoms with Gasteiger partial charge in [0.15, 0.2) is 5.96 Å². The summed E-state index contributed by atoms with van der Waals surface area (Å²) in [6.45, 7) is 2.93. The molecular formula is C11H15N7.